The second-order valence-corrected chi connectivity index (χ2v) is 14.1. The minimum atomic E-state index is -0.621. The molecule has 21 heteroatoms. The van der Waals surface area contributed by atoms with Gasteiger partial charge < -0.3 is 61.7 Å². The Labute approximate surface area is 374 Å². The van der Waals surface area contributed by atoms with Crippen LogP contribution in [0.4, 0.5) is 22.7 Å². The van der Waals surface area contributed by atoms with E-state index in [1.165, 1.54) is 24.3 Å². The number of aliphatic hydroxyl groups is 2. The summed E-state index contributed by atoms with van der Waals surface area (Å²) in [6.45, 7) is 3.20. The molecule has 0 spiro atoms. The highest BCUT2D eigenvalue weighted by Gasteiger charge is 2.48. The summed E-state index contributed by atoms with van der Waals surface area (Å²) in [6.07, 6.45) is -0.621. The van der Waals surface area contributed by atoms with Gasteiger partial charge in [-0.25, -0.2) is 0 Å². The van der Waals surface area contributed by atoms with Gasteiger partial charge in [-0.2, -0.15) is 0 Å². The molecule has 4 aromatic carbocycles. The topological polar surface area (TPSA) is 256 Å². The first-order valence-corrected chi connectivity index (χ1v) is 18.6. The van der Waals surface area contributed by atoms with Crippen molar-refractivity contribution in [2.24, 2.45) is 0 Å². The smallest absolute Gasteiger partial charge is 0.200 e. The maximum Gasteiger partial charge on any atom is 0.200 e. The van der Waals surface area contributed by atoms with Crippen molar-refractivity contribution in [1.29, 1.82) is 0 Å². The molecule has 4 aliphatic rings. The van der Waals surface area contributed by atoms with Crippen molar-refractivity contribution in [1.82, 2.24) is 16.0 Å². The van der Waals surface area contributed by atoms with E-state index in [0.717, 1.165) is 0 Å². The molecule has 11 N–H and O–H groups in total. The highest BCUT2D eigenvalue weighted by molar-refractivity contribution is 6.34. The first-order valence-electron chi connectivity index (χ1n) is 18.6. The van der Waals surface area contributed by atoms with Crippen LogP contribution in [0.25, 0.3) is 0 Å². The third-order valence-electron chi connectivity index (χ3n) is 10.5. The largest absolute Gasteiger partial charge is 0.507 e. The van der Waals surface area contributed by atoms with Gasteiger partial charge in [0.1, 0.15) is 23.0 Å². The molecule has 2 aliphatic heterocycles. The van der Waals surface area contributed by atoms with Gasteiger partial charge in [0.05, 0.1) is 94.5 Å². The molecule has 2 fully saturated rings. The number of ketones is 4. The summed E-state index contributed by atoms with van der Waals surface area (Å²) in [4.78, 5) is 60.0. The SMILES string of the molecule is Cl.Cl.Cl.Cl.O=C1c2c(O)ccc(O)c2C(=O)c2c(N3CC3NC3CN3c3ccc(NCCNCCO)c4c3C(=O)c3c(O)ccc(O)c3C4=O)ccc(NCCNCCO)c21. The molecule has 0 amide bonds. The number of phenolic OH excluding ortho intramolecular Hbond substituents is 4. The Balaban J connectivity index is 0.00000205. The highest BCUT2D eigenvalue weighted by atomic mass is 35.5. The summed E-state index contributed by atoms with van der Waals surface area (Å²) in [7, 11) is 0. The zero-order valence-electron chi connectivity index (χ0n) is 32.2. The molecule has 328 valence electrons. The summed E-state index contributed by atoms with van der Waals surface area (Å²) in [5.74, 6) is -4.19. The average molecular weight is 926 g/mol. The molecule has 0 aromatic heterocycles. The van der Waals surface area contributed by atoms with E-state index in [1.807, 2.05) is 9.80 Å². The van der Waals surface area contributed by atoms with Gasteiger partial charge in [-0.3, -0.25) is 24.5 Å². The Morgan fingerprint density at radius 1 is 0.443 bits per heavy atom. The molecular formula is C40H45Cl4N7O10. The second kappa shape index (κ2) is 19.7. The van der Waals surface area contributed by atoms with E-state index < -0.39 is 46.1 Å². The van der Waals surface area contributed by atoms with Crippen LogP contribution in [0.3, 0.4) is 0 Å². The van der Waals surface area contributed by atoms with Gasteiger partial charge in [0.15, 0.2) is 0 Å². The van der Waals surface area contributed by atoms with Crippen LogP contribution < -0.4 is 36.4 Å². The lowest BCUT2D eigenvalue weighted by atomic mass is 9.81. The first kappa shape index (κ1) is 48.6. The summed E-state index contributed by atoms with van der Waals surface area (Å²) in [5.41, 5.74) is 0.803. The van der Waals surface area contributed by atoms with Crippen molar-refractivity contribution in [2.45, 2.75) is 12.3 Å². The number of rotatable bonds is 16. The third kappa shape index (κ3) is 8.71. The molecule has 0 saturated carbocycles. The van der Waals surface area contributed by atoms with Crippen molar-refractivity contribution in [3.05, 3.63) is 93.0 Å². The van der Waals surface area contributed by atoms with Gasteiger partial charge in [-0.05, 0) is 48.5 Å². The van der Waals surface area contributed by atoms with Crippen molar-refractivity contribution in [3.63, 3.8) is 0 Å². The van der Waals surface area contributed by atoms with E-state index in [4.69, 9.17) is 10.2 Å². The summed E-state index contributed by atoms with van der Waals surface area (Å²) in [5, 5.41) is 76.8. The van der Waals surface area contributed by atoms with Crippen LogP contribution in [0.1, 0.15) is 63.7 Å². The number of benzene rings is 4. The summed E-state index contributed by atoms with van der Waals surface area (Å²) < 4.78 is 0. The fourth-order valence-electron chi connectivity index (χ4n) is 7.77. The number of carbonyl (C=O) groups excluding carboxylic acids is 4. The standard InChI is InChI=1S/C40H41N7O10.4ClH/c48-15-13-41-9-11-43-19-1-3-21(31-29(19)37(54)33-23(50)5-7-25(52)35(33)39(31)56)46-17-27(46)45-28-18-47(28)22-4-2-20(44-12-10-42-14-16-49)30-32(22)40(57)36-26(53)8-6-24(51)34(36)38(30)55;;;;/h1-8,27-28,41-45,48-53H,9-18H2;4*1H. The Kier molecular flexibility index (Phi) is 15.7. The van der Waals surface area contributed by atoms with Gasteiger partial charge in [0.2, 0.25) is 23.1 Å². The second-order valence-electron chi connectivity index (χ2n) is 14.1. The van der Waals surface area contributed by atoms with Gasteiger partial charge in [-0.1, -0.05) is 0 Å². The molecule has 2 unspecified atom stereocenters. The van der Waals surface area contributed by atoms with Gasteiger partial charge in [0.25, 0.3) is 0 Å². The number of aliphatic hydroxyl groups excluding tert-OH is 2. The van der Waals surface area contributed by atoms with Gasteiger partial charge >= 0.3 is 0 Å². The van der Waals surface area contributed by atoms with E-state index >= 15 is 0 Å². The number of halogens is 4. The molecule has 0 radical (unpaired) electrons. The predicted octanol–water partition coefficient (Wildman–Crippen LogP) is 2.32. The number of hydrogen-bond donors (Lipinski definition) is 11. The van der Waals surface area contributed by atoms with Crippen molar-refractivity contribution in [3.8, 4) is 23.0 Å². The van der Waals surface area contributed by atoms with Crippen LogP contribution in [-0.4, -0.2) is 132 Å². The molecule has 2 atom stereocenters. The molecular weight excluding hydrogens is 880 g/mol. The average Bonchev–Trinajstić information content (AvgIpc) is 4.14. The van der Waals surface area contributed by atoms with Crippen molar-refractivity contribution < 1.29 is 49.8 Å². The zero-order valence-corrected chi connectivity index (χ0v) is 35.5. The number of phenols is 4. The molecule has 2 aliphatic carbocycles. The molecule has 61 heavy (non-hydrogen) atoms. The van der Waals surface area contributed by atoms with E-state index in [9.17, 15) is 39.6 Å². The monoisotopic (exact) mass is 923 g/mol. The van der Waals surface area contributed by atoms with E-state index in [0.29, 0.717) is 75.1 Å². The first-order chi connectivity index (χ1) is 27.6. The normalized spacial score (nSPS) is 16.4. The molecule has 2 heterocycles. The Hall–Kier alpha value is -5.08. The number of nitrogens with zero attached hydrogens (tertiary/aromatic N) is 2. The van der Waals surface area contributed by atoms with Gasteiger partial charge in [-0.15, -0.1) is 49.6 Å². The van der Waals surface area contributed by atoms with Crippen LogP contribution in [0.5, 0.6) is 23.0 Å². The maximum atomic E-state index is 14.1. The number of fused-ring (bicyclic) bond motifs is 4. The number of anilines is 4. The van der Waals surface area contributed by atoms with Crippen LogP contribution >= 0.6 is 49.6 Å². The Morgan fingerprint density at radius 3 is 1.10 bits per heavy atom. The van der Waals surface area contributed by atoms with E-state index in [-0.39, 0.29) is 120 Å². The number of carbonyl (C=O) groups is 4. The lowest BCUT2D eigenvalue weighted by Gasteiger charge is -2.25. The van der Waals surface area contributed by atoms with E-state index in [1.54, 1.807) is 24.3 Å². The molecule has 2 saturated heterocycles. The lowest BCUT2D eigenvalue weighted by Crippen LogP contribution is -2.31. The molecule has 0 bridgehead atoms. The lowest BCUT2D eigenvalue weighted by molar-refractivity contribution is 0.0975. The minimum absolute atomic E-state index is 0. The molecule has 8 rings (SSSR count). The van der Waals surface area contributed by atoms with Crippen LogP contribution in [0.2, 0.25) is 0 Å². The maximum absolute atomic E-state index is 14.1. The van der Waals surface area contributed by atoms with Gasteiger partial charge in [0, 0.05) is 50.6 Å². The van der Waals surface area contributed by atoms with Crippen LogP contribution in [-0.2, 0) is 0 Å². The van der Waals surface area contributed by atoms with Crippen LogP contribution in [0.15, 0.2) is 48.5 Å². The third-order valence-corrected chi connectivity index (χ3v) is 10.5. The van der Waals surface area contributed by atoms with Crippen LogP contribution in [0, 0.1) is 0 Å². The van der Waals surface area contributed by atoms with Crippen molar-refractivity contribution in [2.75, 3.05) is 86.0 Å². The summed E-state index contributed by atoms with van der Waals surface area (Å²) in [6, 6.07) is 11.5. The Bertz CT molecular complexity index is 2210. The fraction of sp³-hybridized carbons (Fsp3) is 0.300. The highest BCUT2D eigenvalue weighted by Crippen LogP contribution is 2.47. The minimum Gasteiger partial charge on any atom is -0.507 e. The fourth-order valence-corrected chi connectivity index (χ4v) is 7.77. The zero-order chi connectivity index (χ0) is 40.1. The van der Waals surface area contributed by atoms with E-state index in [2.05, 4.69) is 26.6 Å². The number of nitrogens with one attached hydrogen (secondary N) is 5. The number of aromatic hydroxyl groups is 4. The molecule has 4 aromatic rings. The molecule has 17 nitrogen and oxygen atoms in total. The predicted molar refractivity (Wildman–Crippen MR) is 237 cm³/mol. The quantitative estimate of drug-likeness (QED) is 0.0378. The Morgan fingerprint density at radius 2 is 0.770 bits per heavy atom. The summed E-state index contributed by atoms with van der Waals surface area (Å²) >= 11 is 0. The van der Waals surface area contributed by atoms with Crippen molar-refractivity contribution >= 4 is 95.5 Å². The number of hydrogen-bond acceptors (Lipinski definition) is 17.